The Bertz CT molecular complexity index is 194. The molecule has 2 atom stereocenters. The first-order chi connectivity index (χ1) is 7.24. The van der Waals surface area contributed by atoms with Crippen molar-refractivity contribution >= 4 is 5.91 Å². The Labute approximate surface area is 92.8 Å². The lowest BCUT2D eigenvalue weighted by Gasteiger charge is -2.15. The largest absolute Gasteiger partial charge is 0.356 e. The number of rotatable bonds is 6. The van der Waals surface area contributed by atoms with Crippen molar-refractivity contribution < 1.29 is 4.79 Å². The van der Waals surface area contributed by atoms with Crippen LogP contribution in [-0.2, 0) is 4.79 Å². The van der Waals surface area contributed by atoms with Crippen LogP contribution >= 0.6 is 0 Å². The van der Waals surface area contributed by atoms with Crippen LogP contribution in [0.1, 0.15) is 51.9 Å². The van der Waals surface area contributed by atoms with Gasteiger partial charge in [0.1, 0.15) is 0 Å². The lowest BCUT2D eigenvalue weighted by atomic mass is 10.0. The van der Waals surface area contributed by atoms with Crippen LogP contribution in [0.4, 0.5) is 0 Å². The first-order valence-corrected chi connectivity index (χ1v) is 6.26. The van der Waals surface area contributed by atoms with E-state index in [-0.39, 0.29) is 5.91 Å². The Hall–Kier alpha value is -0.570. The van der Waals surface area contributed by atoms with E-state index < -0.39 is 0 Å². The van der Waals surface area contributed by atoms with Gasteiger partial charge in [0.15, 0.2) is 0 Å². The van der Waals surface area contributed by atoms with E-state index in [4.69, 9.17) is 5.73 Å². The van der Waals surface area contributed by atoms with Gasteiger partial charge in [-0.1, -0.05) is 26.2 Å². The van der Waals surface area contributed by atoms with Crippen molar-refractivity contribution in [1.29, 1.82) is 0 Å². The predicted octanol–water partition coefficient (Wildman–Crippen LogP) is 1.81. The highest BCUT2D eigenvalue weighted by Crippen LogP contribution is 2.22. The fraction of sp³-hybridized carbons (Fsp3) is 0.917. The fourth-order valence-corrected chi connectivity index (χ4v) is 2.19. The molecule has 0 aromatic heterocycles. The molecule has 1 aliphatic carbocycles. The second-order valence-electron chi connectivity index (χ2n) is 4.62. The van der Waals surface area contributed by atoms with Crippen molar-refractivity contribution in [1.82, 2.24) is 5.32 Å². The summed E-state index contributed by atoms with van der Waals surface area (Å²) in [5.74, 6) is 0.711. The molecule has 2 unspecified atom stereocenters. The van der Waals surface area contributed by atoms with Gasteiger partial charge >= 0.3 is 0 Å². The first kappa shape index (κ1) is 12.5. The highest BCUT2D eigenvalue weighted by atomic mass is 16.1. The number of carbonyl (C=O) groups excluding carboxylic acids is 1. The van der Waals surface area contributed by atoms with Crippen molar-refractivity contribution in [3.8, 4) is 0 Å². The van der Waals surface area contributed by atoms with E-state index in [2.05, 4.69) is 12.2 Å². The maximum absolute atomic E-state index is 11.4. The fourth-order valence-electron chi connectivity index (χ4n) is 2.19. The number of nitrogens with two attached hydrogens (primary N) is 1. The Morgan fingerprint density at radius 2 is 2.20 bits per heavy atom. The SMILES string of the molecule is CCCCCC(=O)NCC1CCCC1N. The van der Waals surface area contributed by atoms with Gasteiger partial charge in [-0.3, -0.25) is 4.79 Å². The molecule has 1 rings (SSSR count). The molecule has 0 aromatic rings. The molecule has 0 heterocycles. The molecule has 0 saturated heterocycles. The van der Waals surface area contributed by atoms with Crippen LogP contribution in [0.3, 0.4) is 0 Å². The Morgan fingerprint density at radius 3 is 2.80 bits per heavy atom. The lowest BCUT2D eigenvalue weighted by molar-refractivity contribution is -0.121. The van der Waals surface area contributed by atoms with Crippen LogP contribution < -0.4 is 11.1 Å². The minimum Gasteiger partial charge on any atom is -0.356 e. The van der Waals surface area contributed by atoms with Crippen molar-refractivity contribution in [3.05, 3.63) is 0 Å². The molecule has 0 spiro atoms. The zero-order valence-electron chi connectivity index (χ0n) is 9.80. The van der Waals surface area contributed by atoms with E-state index in [9.17, 15) is 4.79 Å². The Kier molecular flexibility index (Phi) is 5.69. The van der Waals surface area contributed by atoms with Gasteiger partial charge in [-0.05, 0) is 25.2 Å². The highest BCUT2D eigenvalue weighted by molar-refractivity contribution is 5.75. The lowest BCUT2D eigenvalue weighted by Crippen LogP contribution is -2.35. The molecule has 3 heteroatoms. The molecule has 3 N–H and O–H groups in total. The van der Waals surface area contributed by atoms with E-state index in [0.29, 0.717) is 18.4 Å². The van der Waals surface area contributed by atoms with Gasteiger partial charge in [0.25, 0.3) is 0 Å². The van der Waals surface area contributed by atoms with Gasteiger partial charge in [0, 0.05) is 19.0 Å². The topological polar surface area (TPSA) is 55.1 Å². The van der Waals surface area contributed by atoms with E-state index in [0.717, 1.165) is 25.8 Å². The summed E-state index contributed by atoms with van der Waals surface area (Å²) >= 11 is 0. The second kappa shape index (κ2) is 6.83. The van der Waals surface area contributed by atoms with Gasteiger partial charge in [-0.15, -0.1) is 0 Å². The van der Waals surface area contributed by atoms with Crippen LogP contribution in [0.15, 0.2) is 0 Å². The van der Waals surface area contributed by atoms with Gasteiger partial charge in [-0.2, -0.15) is 0 Å². The summed E-state index contributed by atoms with van der Waals surface area (Å²) in [6.45, 7) is 2.93. The maximum Gasteiger partial charge on any atom is 0.220 e. The van der Waals surface area contributed by atoms with Crippen LogP contribution in [0.25, 0.3) is 0 Å². The van der Waals surface area contributed by atoms with Crippen molar-refractivity contribution in [2.45, 2.75) is 57.9 Å². The summed E-state index contributed by atoms with van der Waals surface area (Å²) in [7, 11) is 0. The molecule has 1 amide bonds. The quantitative estimate of drug-likeness (QED) is 0.660. The third-order valence-corrected chi connectivity index (χ3v) is 3.29. The summed E-state index contributed by atoms with van der Waals surface area (Å²) in [4.78, 5) is 11.4. The maximum atomic E-state index is 11.4. The zero-order chi connectivity index (χ0) is 11.1. The van der Waals surface area contributed by atoms with E-state index in [1.807, 2.05) is 0 Å². The number of amides is 1. The average molecular weight is 212 g/mol. The van der Waals surface area contributed by atoms with Crippen molar-refractivity contribution in [2.75, 3.05) is 6.54 Å². The van der Waals surface area contributed by atoms with Gasteiger partial charge < -0.3 is 11.1 Å². The Balaban J connectivity index is 2.05. The predicted molar refractivity (Wildman–Crippen MR) is 62.5 cm³/mol. The molecule has 1 fully saturated rings. The second-order valence-corrected chi connectivity index (χ2v) is 4.62. The van der Waals surface area contributed by atoms with Gasteiger partial charge in [0.2, 0.25) is 5.91 Å². The summed E-state index contributed by atoms with van der Waals surface area (Å²) in [6.07, 6.45) is 7.52. The molecule has 0 aromatic carbocycles. The minimum absolute atomic E-state index is 0.197. The van der Waals surface area contributed by atoms with Gasteiger partial charge in [-0.25, -0.2) is 0 Å². The van der Waals surface area contributed by atoms with Crippen LogP contribution in [0, 0.1) is 5.92 Å². The Morgan fingerprint density at radius 1 is 1.40 bits per heavy atom. The summed E-state index contributed by atoms with van der Waals surface area (Å²) in [6, 6.07) is 0.306. The van der Waals surface area contributed by atoms with Gasteiger partial charge in [0.05, 0.1) is 0 Å². The summed E-state index contributed by atoms with van der Waals surface area (Å²) in [5.41, 5.74) is 5.94. The van der Waals surface area contributed by atoms with Crippen LogP contribution in [0.2, 0.25) is 0 Å². The standard InChI is InChI=1S/C12H24N2O/c1-2-3-4-8-12(15)14-9-10-6-5-7-11(10)13/h10-11H,2-9,13H2,1H3,(H,14,15). The van der Waals surface area contributed by atoms with E-state index >= 15 is 0 Å². The normalized spacial score (nSPS) is 25.5. The molecule has 3 nitrogen and oxygen atoms in total. The zero-order valence-corrected chi connectivity index (χ0v) is 9.80. The van der Waals surface area contributed by atoms with E-state index in [1.54, 1.807) is 0 Å². The number of unbranched alkanes of at least 4 members (excludes halogenated alkanes) is 2. The minimum atomic E-state index is 0.197. The molecule has 88 valence electrons. The molecule has 15 heavy (non-hydrogen) atoms. The van der Waals surface area contributed by atoms with Crippen molar-refractivity contribution in [3.63, 3.8) is 0 Å². The van der Waals surface area contributed by atoms with Crippen LogP contribution in [0.5, 0.6) is 0 Å². The van der Waals surface area contributed by atoms with Crippen LogP contribution in [-0.4, -0.2) is 18.5 Å². The molecule has 0 bridgehead atoms. The average Bonchev–Trinajstić information content (AvgIpc) is 2.61. The molecule has 0 aliphatic heterocycles. The first-order valence-electron chi connectivity index (χ1n) is 6.26. The number of hydrogen-bond donors (Lipinski definition) is 2. The third kappa shape index (κ3) is 4.65. The smallest absolute Gasteiger partial charge is 0.220 e. The molecule has 1 aliphatic rings. The molecule has 0 radical (unpaired) electrons. The third-order valence-electron chi connectivity index (χ3n) is 3.29. The van der Waals surface area contributed by atoms with Crippen molar-refractivity contribution in [2.24, 2.45) is 11.7 Å². The van der Waals surface area contributed by atoms with E-state index in [1.165, 1.54) is 19.3 Å². The number of carbonyl (C=O) groups is 1. The molecular weight excluding hydrogens is 188 g/mol. The number of nitrogens with one attached hydrogen (secondary N) is 1. The monoisotopic (exact) mass is 212 g/mol. The molecule has 1 saturated carbocycles. The summed E-state index contributed by atoms with van der Waals surface area (Å²) < 4.78 is 0. The molecular formula is C12H24N2O. The summed E-state index contributed by atoms with van der Waals surface area (Å²) in [5, 5.41) is 2.99. The highest BCUT2D eigenvalue weighted by Gasteiger charge is 2.23. The number of hydrogen-bond acceptors (Lipinski definition) is 2.